The number of aryl methyl sites for hydroxylation is 1. The molecule has 142 valence electrons. The zero-order valence-electron chi connectivity index (χ0n) is 15.6. The molecule has 0 amide bonds. The maximum atomic E-state index is 13.0. The van der Waals surface area contributed by atoms with Gasteiger partial charge < -0.3 is 9.13 Å². The summed E-state index contributed by atoms with van der Waals surface area (Å²) in [5.74, 6) is 0.800. The van der Waals surface area contributed by atoms with E-state index in [-0.39, 0.29) is 12.2 Å². The summed E-state index contributed by atoms with van der Waals surface area (Å²) >= 11 is 0. The van der Waals surface area contributed by atoms with Crippen molar-refractivity contribution in [2.24, 2.45) is 0 Å². The highest BCUT2D eigenvalue weighted by molar-refractivity contribution is 5.81. The summed E-state index contributed by atoms with van der Waals surface area (Å²) in [6.07, 6.45) is 2.84. The third-order valence-corrected chi connectivity index (χ3v) is 5.05. The molecule has 4 nitrogen and oxygen atoms in total. The van der Waals surface area contributed by atoms with Crippen LogP contribution < -0.4 is 5.56 Å². The fraction of sp³-hybridized carbons (Fsp3) is 0.217. The van der Waals surface area contributed by atoms with Crippen LogP contribution in [0.25, 0.3) is 28.0 Å². The Hall–Kier alpha value is -3.21. The first kappa shape index (κ1) is 18.2. The van der Waals surface area contributed by atoms with E-state index in [4.69, 9.17) is 4.98 Å². The molecule has 0 spiro atoms. The number of unbranched alkanes of at least 4 members (excludes halogenated alkanes) is 1. The molecule has 0 aliphatic carbocycles. The van der Waals surface area contributed by atoms with E-state index < -0.39 is 0 Å². The van der Waals surface area contributed by atoms with Crippen LogP contribution in [0.5, 0.6) is 0 Å². The van der Waals surface area contributed by atoms with Gasteiger partial charge in [0.15, 0.2) is 0 Å². The Morgan fingerprint density at radius 1 is 1.00 bits per heavy atom. The minimum absolute atomic E-state index is 0.0870. The number of hydrogen-bond acceptors (Lipinski definition) is 2. The molecule has 0 fully saturated rings. The van der Waals surface area contributed by atoms with Crippen LogP contribution in [0.1, 0.15) is 24.2 Å². The number of imidazole rings is 1. The first-order valence-electron chi connectivity index (χ1n) is 9.48. The molecule has 2 heterocycles. The lowest BCUT2D eigenvalue weighted by Gasteiger charge is -2.13. The summed E-state index contributed by atoms with van der Waals surface area (Å²) < 4.78 is 16.5. The SMILES string of the molecule is C=Cc1cc2ccccc2n(Cc2nc3ccccc3n2CCCCF)c1=O. The highest BCUT2D eigenvalue weighted by atomic mass is 19.1. The van der Waals surface area contributed by atoms with Crippen LogP contribution in [0.4, 0.5) is 4.39 Å². The van der Waals surface area contributed by atoms with Crippen molar-refractivity contribution >= 4 is 28.0 Å². The Bertz CT molecular complexity index is 1210. The zero-order chi connectivity index (χ0) is 19.5. The van der Waals surface area contributed by atoms with Crippen LogP contribution in [0.2, 0.25) is 0 Å². The smallest absolute Gasteiger partial charge is 0.258 e. The average molecular weight is 375 g/mol. The molecule has 4 rings (SSSR count). The van der Waals surface area contributed by atoms with Crippen molar-refractivity contribution in [3.8, 4) is 0 Å². The molecular formula is C23H22FN3O. The molecule has 4 aromatic rings. The van der Waals surface area contributed by atoms with Gasteiger partial charge in [-0.05, 0) is 42.5 Å². The van der Waals surface area contributed by atoms with E-state index in [1.54, 1.807) is 10.6 Å². The summed E-state index contributed by atoms with van der Waals surface area (Å²) in [4.78, 5) is 17.8. The van der Waals surface area contributed by atoms with Gasteiger partial charge in [0.2, 0.25) is 0 Å². The van der Waals surface area contributed by atoms with Gasteiger partial charge in [-0.1, -0.05) is 43.0 Å². The van der Waals surface area contributed by atoms with Gasteiger partial charge >= 0.3 is 0 Å². The highest BCUT2D eigenvalue weighted by Crippen LogP contribution is 2.20. The molecule has 0 aliphatic rings. The van der Waals surface area contributed by atoms with E-state index in [2.05, 4.69) is 11.1 Å². The van der Waals surface area contributed by atoms with Crippen molar-refractivity contribution in [1.82, 2.24) is 14.1 Å². The molecule has 2 aromatic heterocycles. The van der Waals surface area contributed by atoms with E-state index in [0.29, 0.717) is 25.1 Å². The molecule has 0 radical (unpaired) electrons. The molecule has 0 saturated heterocycles. The molecule has 0 aliphatic heterocycles. The Morgan fingerprint density at radius 2 is 1.75 bits per heavy atom. The lowest BCUT2D eigenvalue weighted by molar-refractivity contribution is 0.446. The van der Waals surface area contributed by atoms with Gasteiger partial charge in [-0.3, -0.25) is 9.18 Å². The summed E-state index contributed by atoms with van der Waals surface area (Å²) in [5, 5.41) is 0.983. The van der Waals surface area contributed by atoms with E-state index in [1.807, 2.05) is 54.6 Å². The number of fused-ring (bicyclic) bond motifs is 2. The van der Waals surface area contributed by atoms with Gasteiger partial charge in [0.05, 0.1) is 29.8 Å². The molecule has 0 unspecified atom stereocenters. The summed E-state index contributed by atoms with van der Waals surface area (Å²) in [7, 11) is 0. The molecule has 0 saturated carbocycles. The van der Waals surface area contributed by atoms with Crippen molar-refractivity contribution in [2.45, 2.75) is 25.9 Å². The van der Waals surface area contributed by atoms with Gasteiger partial charge in [0.25, 0.3) is 5.56 Å². The average Bonchev–Trinajstić information content (AvgIpc) is 3.07. The van der Waals surface area contributed by atoms with E-state index >= 15 is 0 Å². The topological polar surface area (TPSA) is 39.8 Å². The quantitative estimate of drug-likeness (QED) is 0.436. The van der Waals surface area contributed by atoms with Crippen molar-refractivity contribution in [2.75, 3.05) is 6.67 Å². The molecule has 0 N–H and O–H groups in total. The number of hydrogen-bond donors (Lipinski definition) is 0. The third-order valence-electron chi connectivity index (χ3n) is 5.05. The van der Waals surface area contributed by atoms with Crippen molar-refractivity contribution in [1.29, 1.82) is 0 Å². The van der Waals surface area contributed by atoms with E-state index in [0.717, 1.165) is 34.2 Å². The van der Waals surface area contributed by atoms with Gasteiger partial charge in [0, 0.05) is 12.1 Å². The van der Waals surface area contributed by atoms with Crippen LogP contribution in [0.15, 0.2) is 66.0 Å². The number of aromatic nitrogens is 3. The van der Waals surface area contributed by atoms with Crippen LogP contribution >= 0.6 is 0 Å². The Morgan fingerprint density at radius 3 is 2.54 bits per heavy atom. The fourth-order valence-electron chi connectivity index (χ4n) is 3.65. The molecule has 5 heteroatoms. The summed E-state index contributed by atoms with van der Waals surface area (Å²) in [5.41, 5.74) is 3.24. The third kappa shape index (κ3) is 3.24. The maximum absolute atomic E-state index is 13.0. The Balaban J connectivity index is 1.86. The Labute approximate surface area is 162 Å². The predicted octanol–water partition coefficient (Wildman–Crippen LogP) is 4.79. The molecule has 0 bridgehead atoms. The van der Waals surface area contributed by atoms with Gasteiger partial charge in [-0.25, -0.2) is 4.98 Å². The number of alkyl halides is 1. The molecule has 0 atom stereocenters. The maximum Gasteiger partial charge on any atom is 0.258 e. The van der Waals surface area contributed by atoms with Crippen LogP contribution in [-0.2, 0) is 13.1 Å². The van der Waals surface area contributed by atoms with Gasteiger partial charge in [-0.15, -0.1) is 0 Å². The highest BCUT2D eigenvalue weighted by Gasteiger charge is 2.14. The zero-order valence-corrected chi connectivity index (χ0v) is 15.6. The summed E-state index contributed by atoms with van der Waals surface area (Å²) in [6.45, 7) is 4.48. The van der Waals surface area contributed by atoms with Crippen LogP contribution in [0.3, 0.4) is 0 Å². The number of nitrogens with zero attached hydrogens (tertiary/aromatic N) is 3. The predicted molar refractivity (Wildman–Crippen MR) is 112 cm³/mol. The first-order valence-corrected chi connectivity index (χ1v) is 9.48. The van der Waals surface area contributed by atoms with Crippen molar-refractivity contribution in [3.63, 3.8) is 0 Å². The number of halogens is 1. The minimum Gasteiger partial charge on any atom is -0.326 e. The largest absolute Gasteiger partial charge is 0.326 e. The lowest BCUT2D eigenvalue weighted by atomic mass is 10.1. The van der Waals surface area contributed by atoms with E-state index in [1.165, 1.54) is 0 Å². The minimum atomic E-state index is -0.326. The van der Waals surface area contributed by atoms with Gasteiger partial charge in [-0.2, -0.15) is 0 Å². The monoisotopic (exact) mass is 375 g/mol. The molecular weight excluding hydrogens is 353 g/mol. The number of para-hydroxylation sites is 3. The fourth-order valence-corrected chi connectivity index (χ4v) is 3.65. The second-order valence-corrected chi connectivity index (χ2v) is 6.82. The second kappa shape index (κ2) is 7.80. The number of pyridine rings is 1. The van der Waals surface area contributed by atoms with Gasteiger partial charge in [0.1, 0.15) is 5.82 Å². The number of benzene rings is 2. The summed E-state index contributed by atoms with van der Waals surface area (Å²) in [6, 6.07) is 17.6. The van der Waals surface area contributed by atoms with Crippen LogP contribution in [-0.4, -0.2) is 20.8 Å². The standard InChI is InChI=1S/C23H22FN3O/c1-2-17-15-18-9-3-5-11-20(18)27(23(17)28)16-22-25-19-10-4-6-12-21(19)26(22)14-8-7-13-24/h2-6,9-12,15H,1,7-8,13-14,16H2. The van der Waals surface area contributed by atoms with Crippen molar-refractivity contribution in [3.05, 3.63) is 82.9 Å². The molecule has 2 aromatic carbocycles. The van der Waals surface area contributed by atoms with Crippen molar-refractivity contribution < 1.29 is 4.39 Å². The molecule has 28 heavy (non-hydrogen) atoms. The normalized spacial score (nSPS) is 11.3. The lowest BCUT2D eigenvalue weighted by Crippen LogP contribution is -2.24. The second-order valence-electron chi connectivity index (χ2n) is 6.82. The Kier molecular flexibility index (Phi) is 5.06. The van der Waals surface area contributed by atoms with Crippen LogP contribution in [0, 0.1) is 0 Å². The van der Waals surface area contributed by atoms with E-state index in [9.17, 15) is 9.18 Å². The number of rotatable bonds is 7. The first-order chi connectivity index (χ1) is 13.7.